The maximum atomic E-state index is 11.7. The van der Waals surface area contributed by atoms with Gasteiger partial charge in [0.1, 0.15) is 0 Å². The van der Waals surface area contributed by atoms with E-state index in [2.05, 4.69) is 10.1 Å². The Kier molecular flexibility index (Phi) is 7.89. The number of hydrogen-bond acceptors (Lipinski definition) is 3. The Balaban J connectivity index is 3.33. The summed E-state index contributed by atoms with van der Waals surface area (Å²) in [4.78, 5) is 20.9. The fourth-order valence-electron chi connectivity index (χ4n) is 1.14. The normalized spacial score (nSPS) is 11.1. The maximum Gasteiger partial charge on any atom is 0.422 e. The highest BCUT2D eigenvalue weighted by atomic mass is 19.4. The molecule has 0 aromatic carbocycles. The van der Waals surface area contributed by atoms with E-state index in [0.717, 1.165) is 0 Å². The monoisotopic (exact) mass is 271 g/mol. The third kappa shape index (κ3) is 12.6. The molecule has 0 radical (unpaired) electrons. The van der Waals surface area contributed by atoms with Crippen LogP contribution in [0.3, 0.4) is 0 Å². The number of amides is 1. The van der Waals surface area contributed by atoms with E-state index >= 15 is 0 Å². The number of nitrogens with one attached hydrogen (secondary N) is 1. The molecule has 0 fully saturated rings. The van der Waals surface area contributed by atoms with Gasteiger partial charge in [-0.05, 0) is 12.8 Å². The summed E-state index contributed by atoms with van der Waals surface area (Å²) < 4.78 is 38.9. The molecular formula is C10H16F3NO4. The predicted molar refractivity (Wildman–Crippen MR) is 56.1 cm³/mol. The molecule has 1 amide bonds. The van der Waals surface area contributed by atoms with Crippen LogP contribution in [-0.4, -0.2) is 36.5 Å². The van der Waals surface area contributed by atoms with Gasteiger partial charge in [-0.25, -0.2) is 4.79 Å². The Morgan fingerprint density at radius 2 is 1.72 bits per heavy atom. The van der Waals surface area contributed by atoms with Crippen LogP contribution in [0.15, 0.2) is 0 Å². The van der Waals surface area contributed by atoms with Crippen molar-refractivity contribution in [3.63, 3.8) is 0 Å². The van der Waals surface area contributed by atoms with E-state index in [0.29, 0.717) is 25.7 Å². The Bertz CT molecular complexity index is 268. The molecule has 0 aromatic rings. The van der Waals surface area contributed by atoms with Crippen LogP contribution in [0.5, 0.6) is 0 Å². The Morgan fingerprint density at radius 1 is 1.11 bits per heavy atom. The minimum Gasteiger partial charge on any atom is -0.481 e. The lowest BCUT2D eigenvalue weighted by Crippen LogP contribution is -2.29. The van der Waals surface area contributed by atoms with E-state index in [1.54, 1.807) is 0 Å². The molecule has 0 atom stereocenters. The molecule has 2 N–H and O–H groups in total. The summed E-state index contributed by atoms with van der Waals surface area (Å²) in [6.45, 7) is -1.39. The van der Waals surface area contributed by atoms with E-state index in [4.69, 9.17) is 5.11 Å². The van der Waals surface area contributed by atoms with Crippen LogP contribution in [-0.2, 0) is 9.53 Å². The van der Waals surface area contributed by atoms with Crippen molar-refractivity contribution in [2.24, 2.45) is 0 Å². The molecule has 0 rings (SSSR count). The number of carbonyl (C=O) groups is 2. The van der Waals surface area contributed by atoms with Crippen LogP contribution in [0.2, 0.25) is 0 Å². The highest BCUT2D eigenvalue weighted by molar-refractivity contribution is 5.67. The third-order valence-corrected chi connectivity index (χ3v) is 1.95. The van der Waals surface area contributed by atoms with E-state index in [9.17, 15) is 22.8 Å². The van der Waals surface area contributed by atoms with Crippen molar-refractivity contribution < 1.29 is 32.6 Å². The third-order valence-electron chi connectivity index (χ3n) is 1.95. The topological polar surface area (TPSA) is 75.6 Å². The number of carboxylic acids is 1. The van der Waals surface area contributed by atoms with Crippen LogP contribution in [0.4, 0.5) is 18.0 Å². The van der Waals surface area contributed by atoms with Crippen LogP contribution >= 0.6 is 0 Å². The van der Waals surface area contributed by atoms with Crippen molar-refractivity contribution in [1.82, 2.24) is 5.32 Å². The summed E-state index contributed by atoms with van der Waals surface area (Å²) in [7, 11) is 0. The molecule has 0 unspecified atom stereocenters. The zero-order valence-electron chi connectivity index (χ0n) is 9.76. The second-order valence-electron chi connectivity index (χ2n) is 3.68. The van der Waals surface area contributed by atoms with Gasteiger partial charge < -0.3 is 15.2 Å². The number of carbonyl (C=O) groups excluding carboxylic acids is 1. The van der Waals surface area contributed by atoms with Gasteiger partial charge in [-0.15, -0.1) is 0 Å². The number of rotatable bonds is 8. The van der Waals surface area contributed by atoms with Crippen LogP contribution < -0.4 is 5.32 Å². The largest absolute Gasteiger partial charge is 0.481 e. The summed E-state index contributed by atoms with van der Waals surface area (Å²) in [5.41, 5.74) is 0. The highest BCUT2D eigenvalue weighted by Gasteiger charge is 2.29. The number of halogens is 3. The lowest BCUT2D eigenvalue weighted by molar-refractivity contribution is -0.160. The molecule has 106 valence electrons. The molecule has 0 bridgehead atoms. The van der Waals surface area contributed by atoms with Gasteiger partial charge in [0, 0.05) is 13.0 Å². The molecule has 0 aromatic heterocycles. The highest BCUT2D eigenvalue weighted by Crippen LogP contribution is 2.14. The van der Waals surface area contributed by atoms with Gasteiger partial charge in [0.05, 0.1) is 0 Å². The number of ether oxygens (including phenoxy) is 1. The van der Waals surface area contributed by atoms with Gasteiger partial charge in [0.2, 0.25) is 0 Å². The molecule has 0 spiro atoms. The first-order chi connectivity index (χ1) is 8.31. The number of hydrogen-bond donors (Lipinski definition) is 2. The van der Waals surface area contributed by atoms with E-state index in [-0.39, 0.29) is 13.0 Å². The van der Waals surface area contributed by atoms with Crippen LogP contribution in [0, 0.1) is 0 Å². The Labute approximate surface area is 102 Å². The zero-order valence-corrected chi connectivity index (χ0v) is 9.76. The van der Waals surface area contributed by atoms with Crippen LogP contribution in [0.1, 0.15) is 32.1 Å². The van der Waals surface area contributed by atoms with Gasteiger partial charge >= 0.3 is 18.2 Å². The smallest absolute Gasteiger partial charge is 0.422 e. The maximum absolute atomic E-state index is 11.7. The predicted octanol–water partition coefficient (Wildman–Crippen LogP) is 2.31. The van der Waals surface area contributed by atoms with Crippen molar-refractivity contribution in [2.45, 2.75) is 38.3 Å². The molecule has 0 aliphatic carbocycles. The number of alkyl carbamates (subject to hydrolysis) is 1. The first kappa shape index (κ1) is 16.5. The molecule has 18 heavy (non-hydrogen) atoms. The van der Waals surface area contributed by atoms with Gasteiger partial charge in [-0.1, -0.05) is 12.8 Å². The zero-order chi connectivity index (χ0) is 14.0. The average molecular weight is 271 g/mol. The van der Waals surface area contributed by atoms with Gasteiger partial charge in [-0.2, -0.15) is 13.2 Å². The lowest BCUT2D eigenvalue weighted by Gasteiger charge is -2.08. The minimum atomic E-state index is -4.52. The van der Waals surface area contributed by atoms with Gasteiger partial charge in [-0.3, -0.25) is 4.79 Å². The molecule has 0 aliphatic rings. The lowest BCUT2D eigenvalue weighted by atomic mass is 10.1. The number of aliphatic carboxylic acids is 1. The number of unbranched alkanes of at least 4 members (excludes halogenated alkanes) is 3. The summed E-state index contributed by atoms with van der Waals surface area (Å²) in [5.74, 6) is -0.858. The van der Waals surface area contributed by atoms with Crippen molar-refractivity contribution in [1.29, 1.82) is 0 Å². The van der Waals surface area contributed by atoms with Crippen molar-refractivity contribution >= 4 is 12.1 Å². The first-order valence-corrected chi connectivity index (χ1v) is 5.50. The number of carboxylic acid groups (broad SMARTS) is 1. The average Bonchev–Trinajstić information content (AvgIpc) is 2.23. The molecule has 0 heterocycles. The van der Waals surface area contributed by atoms with Crippen LogP contribution in [0.25, 0.3) is 0 Å². The fraction of sp³-hybridized carbons (Fsp3) is 0.800. The fourth-order valence-corrected chi connectivity index (χ4v) is 1.14. The summed E-state index contributed by atoms with van der Waals surface area (Å²) >= 11 is 0. The van der Waals surface area contributed by atoms with Crippen molar-refractivity contribution in [3.8, 4) is 0 Å². The van der Waals surface area contributed by atoms with E-state index in [1.165, 1.54) is 0 Å². The van der Waals surface area contributed by atoms with E-state index < -0.39 is 24.8 Å². The first-order valence-electron chi connectivity index (χ1n) is 5.50. The summed E-state index contributed by atoms with van der Waals surface area (Å²) in [6, 6.07) is 0. The van der Waals surface area contributed by atoms with Crippen molar-refractivity contribution in [2.75, 3.05) is 13.2 Å². The second-order valence-corrected chi connectivity index (χ2v) is 3.68. The van der Waals surface area contributed by atoms with Gasteiger partial charge in [0.15, 0.2) is 6.61 Å². The second kappa shape index (κ2) is 8.60. The Hall–Kier alpha value is -1.47. The van der Waals surface area contributed by atoms with Crippen molar-refractivity contribution in [3.05, 3.63) is 0 Å². The SMILES string of the molecule is O=C(O)CCCCCCNC(=O)OCC(F)(F)F. The molecule has 5 nitrogen and oxygen atoms in total. The quantitative estimate of drug-likeness (QED) is 0.664. The number of alkyl halides is 3. The Morgan fingerprint density at radius 3 is 2.28 bits per heavy atom. The molecule has 0 saturated carbocycles. The molecule has 0 aliphatic heterocycles. The van der Waals surface area contributed by atoms with Gasteiger partial charge in [0.25, 0.3) is 0 Å². The molecule has 8 heteroatoms. The minimum absolute atomic E-state index is 0.0983. The molecular weight excluding hydrogens is 255 g/mol. The van der Waals surface area contributed by atoms with E-state index in [1.807, 2.05) is 0 Å². The standard InChI is InChI=1S/C10H16F3NO4/c11-10(12,13)7-18-9(17)14-6-4-2-1-3-5-8(15)16/h1-7H2,(H,14,17)(H,15,16). The molecule has 0 saturated heterocycles. The summed E-state index contributed by atoms with van der Waals surface area (Å²) in [5, 5.41) is 10.5. The summed E-state index contributed by atoms with van der Waals surface area (Å²) in [6.07, 6.45) is -3.00.